The van der Waals surface area contributed by atoms with Crippen molar-refractivity contribution < 1.29 is 8.42 Å². The van der Waals surface area contributed by atoms with Gasteiger partial charge >= 0.3 is 0 Å². The van der Waals surface area contributed by atoms with Gasteiger partial charge in [0.2, 0.25) is 5.13 Å². The first-order valence-electron chi connectivity index (χ1n) is 6.32. The van der Waals surface area contributed by atoms with Gasteiger partial charge in [-0.25, -0.2) is 8.42 Å². The first-order chi connectivity index (χ1) is 10.5. The van der Waals surface area contributed by atoms with E-state index in [0.29, 0.717) is 10.7 Å². The average Bonchev–Trinajstić information content (AvgIpc) is 2.96. The largest absolute Gasteiger partial charge is 0.399 e. The molecule has 8 heteroatoms. The molecule has 0 amide bonds. The van der Waals surface area contributed by atoms with Crippen LogP contribution in [0.5, 0.6) is 0 Å². The van der Waals surface area contributed by atoms with E-state index in [4.69, 9.17) is 5.73 Å². The number of nitrogens with zero attached hydrogens (tertiary/aromatic N) is 2. The average molecular weight is 332 g/mol. The minimum Gasteiger partial charge on any atom is -0.399 e. The maximum Gasteiger partial charge on any atom is 0.263 e. The lowest BCUT2D eigenvalue weighted by molar-refractivity contribution is 0.601. The Hall–Kier alpha value is -2.45. The predicted molar refractivity (Wildman–Crippen MR) is 87.0 cm³/mol. The van der Waals surface area contributed by atoms with Gasteiger partial charge in [-0.05, 0) is 24.3 Å². The standard InChI is InChI=1S/C14H12N4O2S2/c15-11-6-8-12(9-7-11)22(19,20)18-14-17-16-13(21-14)10-4-2-1-3-5-10/h1-9H,15H2,(H,17,18). The maximum absolute atomic E-state index is 12.2. The number of hydrogen-bond donors (Lipinski definition) is 2. The molecule has 0 saturated carbocycles. The Labute approximate surface area is 131 Å². The summed E-state index contributed by atoms with van der Waals surface area (Å²) in [6.45, 7) is 0. The van der Waals surface area contributed by atoms with E-state index in [-0.39, 0.29) is 10.0 Å². The normalized spacial score (nSPS) is 11.3. The first-order valence-corrected chi connectivity index (χ1v) is 8.62. The van der Waals surface area contributed by atoms with Crippen molar-refractivity contribution in [3.05, 3.63) is 54.6 Å². The molecule has 0 aliphatic rings. The van der Waals surface area contributed by atoms with E-state index in [1.165, 1.54) is 35.6 Å². The lowest BCUT2D eigenvalue weighted by Crippen LogP contribution is -2.12. The molecule has 1 aromatic heterocycles. The van der Waals surface area contributed by atoms with E-state index in [0.717, 1.165) is 5.56 Å². The topological polar surface area (TPSA) is 98.0 Å². The quantitative estimate of drug-likeness (QED) is 0.716. The summed E-state index contributed by atoms with van der Waals surface area (Å²) in [5.74, 6) is 0. The zero-order valence-electron chi connectivity index (χ0n) is 11.3. The fourth-order valence-electron chi connectivity index (χ4n) is 1.78. The number of aromatic nitrogens is 2. The summed E-state index contributed by atoms with van der Waals surface area (Å²) in [6, 6.07) is 15.4. The van der Waals surface area contributed by atoms with Gasteiger partial charge in [0.1, 0.15) is 5.01 Å². The zero-order chi connectivity index (χ0) is 15.6. The second-order valence-electron chi connectivity index (χ2n) is 4.45. The number of benzene rings is 2. The van der Waals surface area contributed by atoms with Crippen LogP contribution >= 0.6 is 11.3 Å². The second-order valence-corrected chi connectivity index (χ2v) is 7.11. The highest BCUT2D eigenvalue weighted by molar-refractivity contribution is 7.93. The van der Waals surface area contributed by atoms with E-state index in [2.05, 4.69) is 14.9 Å². The number of rotatable bonds is 4. The lowest BCUT2D eigenvalue weighted by Gasteiger charge is -2.04. The molecular formula is C14H12N4O2S2. The van der Waals surface area contributed by atoms with Crippen molar-refractivity contribution in [2.45, 2.75) is 4.90 Å². The minimum absolute atomic E-state index is 0.123. The Balaban J connectivity index is 1.84. The summed E-state index contributed by atoms with van der Waals surface area (Å²) in [5.41, 5.74) is 6.94. The van der Waals surface area contributed by atoms with Gasteiger partial charge < -0.3 is 5.73 Å². The van der Waals surface area contributed by atoms with Crippen molar-refractivity contribution in [3.8, 4) is 10.6 Å². The minimum atomic E-state index is -3.70. The highest BCUT2D eigenvalue weighted by atomic mass is 32.2. The zero-order valence-corrected chi connectivity index (χ0v) is 12.9. The Morgan fingerprint density at radius 2 is 1.64 bits per heavy atom. The summed E-state index contributed by atoms with van der Waals surface area (Å²) < 4.78 is 26.9. The van der Waals surface area contributed by atoms with Gasteiger partial charge in [-0.3, -0.25) is 4.72 Å². The van der Waals surface area contributed by atoms with Gasteiger partial charge in [0.05, 0.1) is 4.90 Å². The van der Waals surface area contributed by atoms with Crippen LogP contribution in [-0.4, -0.2) is 18.6 Å². The van der Waals surface area contributed by atoms with Crippen LogP contribution in [0.25, 0.3) is 10.6 Å². The fourth-order valence-corrected chi connectivity index (χ4v) is 3.76. The molecule has 2 aromatic carbocycles. The predicted octanol–water partition coefficient (Wildman–Crippen LogP) is 2.59. The third-order valence-corrected chi connectivity index (χ3v) is 5.23. The molecule has 0 aliphatic carbocycles. The lowest BCUT2D eigenvalue weighted by atomic mass is 10.2. The Bertz CT molecular complexity index is 875. The highest BCUT2D eigenvalue weighted by Gasteiger charge is 2.17. The number of sulfonamides is 1. The number of nitrogens with one attached hydrogen (secondary N) is 1. The summed E-state index contributed by atoms with van der Waals surface area (Å²) in [4.78, 5) is 0.123. The Kier molecular flexibility index (Phi) is 3.78. The van der Waals surface area contributed by atoms with Crippen molar-refractivity contribution >= 4 is 32.2 Å². The van der Waals surface area contributed by atoms with Crippen molar-refractivity contribution in [2.24, 2.45) is 0 Å². The van der Waals surface area contributed by atoms with Crippen molar-refractivity contribution in [2.75, 3.05) is 10.5 Å². The number of nitrogen functional groups attached to an aromatic ring is 1. The molecule has 0 bridgehead atoms. The molecule has 22 heavy (non-hydrogen) atoms. The molecule has 3 rings (SSSR count). The third-order valence-electron chi connectivity index (χ3n) is 2.86. The molecule has 6 nitrogen and oxygen atoms in total. The molecule has 0 unspecified atom stereocenters. The van der Waals surface area contributed by atoms with Crippen LogP contribution < -0.4 is 10.5 Å². The van der Waals surface area contributed by atoms with Gasteiger partial charge in [0, 0.05) is 11.3 Å². The van der Waals surface area contributed by atoms with Gasteiger partial charge in [0.25, 0.3) is 10.0 Å². The van der Waals surface area contributed by atoms with Crippen LogP contribution in [0.3, 0.4) is 0 Å². The van der Waals surface area contributed by atoms with Crippen LogP contribution in [0.4, 0.5) is 10.8 Å². The van der Waals surface area contributed by atoms with Crippen LogP contribution in [0.15, 0.2) is 59.5 Å². The summed E-state index contributed by atoms with van der Waals surface area (Å²) in [5, 5.41) is 8.74. The highest BCUT2D eigenvalue weighted by Crippen LogP contribution is 2.27. The molecular weight excluding hydrogens is 320 g/mol. The smallest absolute Gasteiger partial charge is 0.263 e. The monoisotopic (exact) mass is 332 g/mol. The van der Waals surface area contributed by atoms with Gasteiger partial charge in [-0.2, -0.15) is 0 Å². The van der Waals surface area contributed by atoms with E-state index < -0.39 is 10.0 Å². The van der Waals surface area contributed by atoms with Crippen LogP contribution in [-0.2, 0) is 10.0 Å². The molecule has 3 N–H and O–H groups in total. The maximum atomic E-state index is 12.2. The Morgan fingerprint density at radius 1 is 0.955 bits per heavy atom. The molecule has 0 aliphatic heterocycles. The Morgan fingerprint density at radius 3 is 2.32 bits per heavy atom. The van der Waals surface area contributed by atoms with E-state index in [9.17, 15) is 8.42 Å². The molecule has 1 heterocycles. The number of anilines is 2. The summed E-state index contributed by atoms with van der Waals surface area (Å²) in [7, 11) is -3.70. The third kappa shape index (κ3) is 3.07. The van der Waals surface area contributed by atoms with Crippen LogP contribution in [0.2, 0.25) is 0 Å². The molecule has 0 radical (unpaired) electrons. The summed E-state index contributed by atoms with van der Waals surface area (Å²) in [6.07, 6.45) is 0. The summed E-state index contributed by atoms with van der Waals surface area (Å²) >= 11 is 1.17. The molecule has 0 spiro atoms. The molecule has 0 atom stereocenters. The van der Waals surface area contributed by atoms with E-state index in [1.54, 1.807) is 0 Å². The van der Waals surface area contributed by atoms with E-state index >= 15 is 0 Å². The number of nitrogens with two attached hydrogens (primary N) is 1. The second kappa shape index (κ2) is 5.74. The molecule has 0 fully saturated rings. The molecule has 0 saturated heterocycles. The van der Waals surface area contributed by atoms with Crippen molar-refractivity contribution in [1.29, 1.82) is 0 Å². The molecule has 112 valence electrons. The number of hydrogen-bond acceptors (Lipinski definition) is 6. The van der Waals surface area contributed by atoms with Gasteiger partial charge in [-0.15, -0.1) is 10.2 Å². The first kappa shape index (κ1) is 14.5. The van der Waals surface area contributed by atoms with Crippen molar-refractivity contribution in [3.63, 3.8) is 0 Å². The van der Waals surface area contributed by atoms with Crippen LogP contribution in [0.1, 0.15) is 0 Å². The fraction of sp³-hybridized carbons (Fsp3) is 0. The SMILES string of the molecule is Nc1ccc(S(=O)(=O)Nc2nnc(-c3ccccc3)s2)cc1. The van der Waals surface area contributed by atoms with Gasteiger partial charge in [0.15, 0.2) is 0 Å². The van der Waals surface area contributed by atoms with E-state index in [1.807, 2.05) is 30.3 Å². The van der Waals surface area contributed by atoms with Crippen molar-refractivity contribution in [1.82, 2.24) is 10.2 Å². The van der Waals surface area contributed by atoms with Crippen LogP contribution in [0, 0.1) is 0 Å². The molecule has 3 aromatic rings. The van der Waals surface area contributed by atoms with Gasteiger partial charge in [-0.1, -0.05) is 41.7 Å².